The minimum atomic E-state index is -0.572. The monoisotopic (exact) mass is 512 g/mol. The van der Waals surface area contributed by atoms with Crippen LogP contribution in [0.15, 0.2) is 72.9 Å². The highest BCUT2D eigenvalue weighted by Gasteiger charge is 2.16. The Hall–Kier alpha value is -4.08. The lowest BCUT2D eigenvalue weighted by atomic mass is 10.2. The number of carbonyl (C=O) groups excluding carboxylic acids is 1. The summed E-state index contributed by atoms with van der Waals surface area (Å²) < 4.78 is 12.8. The number of nitrogens with zero attached hydrogens (tertiary/aromatic N) is 3. The third kappa shape index (κ3) is 6.28. The van der Waals surface area contributed by atoms with Crippen molar-refractivity contribution >= 4 is 40.5 Å². The van der Waals surface area contributed by atoms with Gasteiger partial charge in [0.25, 0.3) is 11.6 Å². The van der Waals surface area contributed by atoms with Gasteiger partial charge in [0.15, 0.2) is 12.4 Å². The number of nitro groups is 1. The summed E-state index contributed by atoms with van der Waals surface area (Å²) in [4.78, 5) is 23.5. The predicted molar refractivity (Wildman–Crippen MR) is 132 cm³/mol. The van der Waals surface area contributed by atoms with E-state index in [0.29, 0.717) is 21.5 Å². The summed E-state index contributed by atoms with van der Waals surface area (Å²) in [7, 11) is 0. The van der Waals surface area contributed by atoms with E-state index in [1.807, 2.05) is 6.92 Å². The molecule has 0 aliphatic heterocycles. The average Bonchev–Trinajstić information content (AvgIpc) is 3.29. The summed E-state index contributed by atoms with van der Waals surface area (Å²) in [5.74, 6) is 0.624. The second-order valence-electron chi connectivity index (χ2n) is 7.41. The van der Waals surface area contributed by atoms with Gasteiger partial charge in [-0.25, -0.2) is 4.68 Å². The number of nitrogens with one attached hydrogen (secondary N) is 1. The third-order valence-corrected chi connectivity index (χ3v) is 5.42. The Morgan fingerprint density at radius 3 is 2.63 bits per heavy atom. The second-order valence-corrected chi connectivity index (χ2v) is 8.25. The van der Waals surface area contributed by atoms with Gasteiger partial charge in [-0.15, -0.1) is 0 Å². The molecule has 9 nitrogen and oxygen atoms in total. The van der Waals surface area contributed by atoms with E-state index in [-0.39, 0.29) is 29.5 Å². The summed E-state index contributed by atoms with van der Waals surface area (Å²) in [5.41, 5.74) is 0.818. The standard InChI is InChI=1S/C24H18Cl2N4O5/c1-15-9-20(5-6-22(15)26)35-21-12-17(11-18(13-21)30(32)33)27-24(31)23-7-8-29(28-23)14-34-19-4-2-3-16(25)10-19/h2-13H,14H2,1H3,(H,27,31). The molecule has 4 aromatic rings. The zero-order chi connectivity index (χ0) is 24.9. The molecule has 0 unspecified atom stereocenters. The lowest BCUT2D eigenvalue weighted by Crippen LogP contribution is -2.14. The number of halogens is 2. The summed E-state index contributed by atoms with van der Waals surface area (Å²) in [6.45, 7) is 1.87. The van der Waals surface area contributed by atoms with Crippen molar-refractivity contribution in [2.24, 2.45) is 0 Å². The second kappa shape index (κ2) is 10.5. The number of ether oxygens (including phenoxy) is 2. The molecule has 11 heteroatoms. The molecular weight excluding hydrogens is 495 g/mol. The van der Waals surface area contributed by atoms with Gasteiger partial charge in [-0.1, -0.05) is 29.3 Å². The minimum Gasteiger partial charge on any atom is -0.471 e. The molecule has 1 amide bonds. The Kier molecular flexibility index (Phi) is 7.19. The normalized spacial score (nSPS) is 10.6. The Labute approximate surface area is 210 Å². The maximum absolute atomic E-state index is 12.7. The molecule has 0 aliphatic rings. The van der Waals surface area contributed by atoms with Gasteiger partial charge in [0.2, 0.25) is 0 Å². The molecule has 0 radical (unpaired) electrons. The molecule has 0 saturated heterocycles. The summed E-state index contributed by atoms with van der Waals surface area (Å²) in [5, 5.41) is 19.3. The first-order valence-electron chi connectivity index (χ1n) is 10.2. The van der Waals surface area contributed by atoms with Gasteiger partial charge in [-0.3, -0.25) is 14.9 Å². The molecule has 0 bridgehead atoms. The van der Waals surface area contributed by atoms with Crippen molar-refractivity contribution in [1.82, 2.24) is 9.78 Å². The first-order chi connectivity index (χ1) is 16.8. The molecule has 35 heavy (non-hydrogen) atoms. The largest absolute Gasteiger partial charge is 0.471 e. The molecule has 3 aromatic carbocycles. The number of hydrogen-bond acceptors (Lipinski definition) is 6. The van der Waals surface area contributed by atoms with Crippen molar-refractivity contribution in [3.8, 4) is 17.2 Å². The first kappa shape index (κ1) is 24.1. The van der Waals surface area contributed by atoms with E-state index < -0.39 is 10.8 Å². The fraction of sp³-hybridized carbons (Fsp3) is 0.0833. The number of rotatable bonds is 8. The van der Waals surface area contributed by atoms with Crippen molar-refractivity contribution in [3.05, 3.63) is 104 Å². The van der Waals surface area contributed by atoms with Crippen LogP contribution in [0.4, 0.5) is 11.4 Å². The van der Waals surface area contributed by atoms with Crippen LogP contribution in [0.2, 0.25) is 10.0 Å². The fourth-order valence-corrected chi connectivity index (χ4v) is 3.38. The number of nitro benzene ring substituents is 1. The van der Waals surface area contributed by atoms with Crippen molar-refractivity contribution in [1.29, 1.82) is 0 Å². The Bertz CT molecular complexity index is 1410. The predicted octanol–water partition coefficient (Wildman–Crippen LogP) is 6.49. The molecule has 0 atom stereocenters. The van der Waals surface area contributed by atoms with Crippen LogP contribution in [0.3, 0.4) is 0 Å². The SMILES string of the molecule is Cc1cc(Oc2cc(NC(=O)c3ccn(COc4cccc(Cl)c4)n3)cc([N+](=O)[O-])c2)ccc1Cl. The van der Waals surface area contributed by atoms with Crippen LogP contribution in [-0.2, 0) is 6.73 Å². The van der Waals surface area contributed by atoms with E-state index in [9.17, 15) is 14.9 Å². The lowest BCUT2D eigenvalue weighted by molar-refractivity contribution is -0.384. The van der Waals surface area contributed by atoms with E-state index in [4.69, 9.17) is 32.7 Å². The van der Waals surface area contributed by atoms with Gasteiger partial charge in [0.05, 0.1) is 16.7 Å². The summed E-state index contributed by atoms with van der Waals surface area (Å²) in [6, 6.07) is 17.4. The minimum absolute atomic E-state index is 0.0585. The molecule has 178 valence electrons. The van der Waals surface area contributed by atoms with Crippen LogP contribution in [0.25, 0.3) is 0 Å². The van der Waals surface area contributed by atoms with Gasteiger partial charge in [0.1, 0.15) is 17.2 Å². The molecular formula is C24H18Cl2N4O5. The van der Waals surface area contributed by atoms with Crippen molar-refractivity contribution in [2.75, 3.05) is 5.32 Å². The summed E-state index contributed by atoms with van der Waals surface area (Å²) in [6.07, 6.45) is 1.57. The van der Waals surface area contributed by atoms with Gasteiger partial charge < -0.3 is 14.8 Å². The third-order valence-electron chi connectivity index (χ3n) is 4.76. The van der Waals surface area contributed by atoms with Crippen LogP contribution < -0.4 is 14.8 Å². The van der Waals surface area contributed by atoms with Crippen LogP contribution in [0.1, 0.15) is 16.1 Å². The number of benzene rings is 3. The van der Waals surface area contributed by atoms with Crippen LogP contribution >= 0.6 is 23.2 Å². The molecule has 0 spiro atoms. The Morgan fingerprint density at radius 2 is 1.89 bits per heavy atom. The smallest absolute Gasteiger partial charge is 0.276 e. The molecule has 1 aromatic heterocycles. The number of carbonyl (C=O) groups is 1. The molecule has 1 heterocycles. The fourth-order valence-electron chi connectivity index (χ4n) is 3.08. The maximum atomic E-state index is 12.7. The van der Waals surface area contributed by atoms with E-state index in [0.717, 1.165) is 5.56 Å². The number of anilines is 1. The van der Waals surface area contributed by atoms with Crippen LogP contribution in [0, 0.1) is 17.0 Å². The van der Waals surface area contributed by atoms with E-state index in [1.165, 1.54) is 28.9 Å². The quantitative estimate of drug-likeness (QED) is 0.213. The number of non-ortho nitro benzene ring substituents is 1. The van der Waals surface area contributed by atoms with Gasteiger partial charge in [-0.05, 0) is 55.0 Å². The zero-order valence-electron chi connectivity index (χ0n) is 18.3. The maximum Gasteiger partial charge on any atom is 0.276 e. The van der Waals surface area contributed by atoms with Gasteiger partial charge in [-0.2, -0.15) is 5.10 Å². The molecule has 0 fully saturated rings. The lowest BCUT2D eigenvalue weighted by Gasteiger charge is -2.10. The van der Waals surface area contributed by atoms with Crippen LogP contribution in [-0.4, -0.2) is 20.6 Å². The van der Waals surface area contributed by atoms with Crippen molar-refractivity contribution < 1.29 is 19.2 Å². The number of aromatic nitrogens is 2. The van der Waals surface area contributed by atoms with Gasteiger partial charge >= 0.3 is 0 Å². The van der Waals surface area contributed by atoms with E-state index >= 15 is 0 Å². The molecule has 0 saturated carbocycles. The zero-order valence-corrected chi connectivity index (χ0v) is 19.8. The Morgan fingerprint density at radius 1 is 1.06 bits per heavy atom. The molecule has 0 aliphatic carbocycles. The number of amides is 1. The van der Waals surface area contributed by atoms with Crippen molar-refractivity contribution in [3.63, 3.8) is 0 Å². The topological polar surface area (TPSA) is 109 Å². The molecule has 4 rings (SSSR count). The summed E-state index contributed by atoms with van der Waals surface area (Å²) >= 11 is 12.0. The first-order valence-corrected chi connectivity index (χ1v) is 11.0. The van der Waals surface area contributed by atoms with Crippen molar-refractivity contribution in [2.45, 2.75) is 13.7 Å². The van der Waals surface area contributed by atoms with E-state index in [1.54, 1.807) is 48.7 Å². The van der Waals surface area contributed by atoms with Gasteiger partial charge in [0, 0.05) is 28.4 Å². The highest BCUT2D eigenvalue weighted by Crippen LogP contribution is 2.31. The Balaban J connectivity index is 1.47. The number of hydrogen-bond donors (Lipinski definition) is 1. The van der Waals surface area contributed by atoms with Crippen LogP contribution in [0.5, 0.6) is 17.2 Å². The molecule has 1 N–H and O–H groups in total. The number of aryl methyl sites for hydroxylation is 1. The highest BCUT2D eigenvalue weighted by atomic mass is 35.5. The average molecular weight is 513 g/mol. The van der Waals surface area contributed by atoms with E-state index in [2.05, 4.69) is 10.4 Å². The highest BCUT2D eigenvalue weighted by molar-refractivity contribution is 6.31.